The molecule has 5 nitrogen and oxygen atoms in total. The minimum absolute atomic E-state index is 0.00103. The molecule has 0 radical (unpaired) electrons. The summed E-state index contributed by atoms with van der Waals surface area (Å²) in [5.41, 5.74) is 7.56. The number of hydrogen-bond acceptors (Lipinski definition) is 5. The van der Waals surface area contributed by atoms with Gasteiger partial charge in [0.1, 0.15) is 6.33 Å². The summed E-state index contributed by atoms with van der Waals surface area (Å²) in [7, 11) is 0. The maximum atomic E-state index is 14.1. The molecule has 1 saturated heterocycles. The van der Waals surface area contributed by atoms with Crippen LogP contribution in [-0.4, -0.2) is 29.1 Å². The minimum Gasteiger partial charge on any atom is -0.435 e. The van der Waals surface area contributed by atoms with Crippen LogP contribution in [-0.2, 0) is 0 Å². The summed E-state index contributed by atoms with van der Waals surface area (Å²) >= 11 is 5.80. The highest BCUT2D eigenvalue weighted by Crippen LogP contribution is 2.33. The summed E-state index contributed by atoms with van der Waals surface area (Å²) in [5, 5.41) is 0.705. The first-order valence-corrected chi connectivity index (χ1v) is 7.87. The Balaban J connectivity index is 1.74. The normalized spacial score (nSPS) is 14.7. The molecule has 2 N–H and O–H groups in total. The highest BCUT2D eigenvalue weighted by atomic mass is 35.5. The molecular weight excluding hydrogens is 331 g/mol. The maximum Gasteiger partial charge on any atom is 0.230 e. The van der Waals surface area contributed by atoms with Crippen molar-refractivity contribution in [1.82, 2.24) is 9.97 Å². The highest BCUT2D eigenvalue weighted by Gasteiger charge is 2.23. The quantitative estimate of drug-likeness (QED) is 0.789. The topological polar surface area (TPSA) is 64.3 Å². The van der Waals surface area contributed by atoms with Crippen LogP contribution in [0.15, 0.2) is 42.7 Å². The average Bonchev–Trinajstić information content (AvgIpc) is 2.56. The fourth-order valence-electron chi connectivity index (χ4n) is 2.69. The zero-order chi connectivity index (χ0) is 16.7. The molecule has 24 heavy (non-hydrogen) atoms. The van der Waals surface area contributed by atoms with Crippen LogP contribution < -0.4 is 15.4 Å². The summed E-state index contributed by atoms with van der Waals surface area (Å²) in [6, 6.07) is 10.6. The highest BCUT2D eigenvalue weighted by molar-refractivity contribution is 6.30. The molecule has 1 fully saturated rings. The molecule has 0 amide bonds. The van der Waals surface area contributed by atoms with E-state index in [4.69, 9.17) is 22.1 Å². The van der Waals surface area contributed by atoms with E-state index in [2.05, 4.69) is 14.9 Å². The second kappa shape index (κ2) is 5.89. The Morgan fingerprint density at radius 3 is 2.83 bits per heavy atom. The Bertz CT molecular complexity index is 914. The Morgan fingerprint density at radius 1 is 1.21 bits per heavy atom. The lowest BCUT2D eigenvalue weighted by Crippen LogP contribution is -2.55. The third-order valence-corrected chi connectivity index (χ3v) is 4.27. The third-order valence-electron chi connectivity index (χ3n) is 3.98. The van der Waals surface area contributed by atoms with E-state index in [1.165, 1.54) is 18.5 Å². The third kappa shape index (κ3) is 2.64. The van der Waals surface area contributed by atoms with Crippen molar-refractivity contribution in [2.24, 2.45) is 5.73 Å². The van der Waals surface area contributed by atoms with Gasteiger partial charge in [-0.2, -0.15) is 0 Å². The first kappa shape index (κ1) is 15.1. The zero-order valence-corrected chi connectivity index (χ0v) is 13.4. The molecular formula is C17H14ClFN4O. The van der Waals surface area contributed by atoms with Gasteiger partial charge in [-0.3, -0.25) is 0 Å². The van der Waals surface area contributed by atoms with Crippen LogP contribution in [0.1, 0.15) is 0 Å². The molecule has 0 bridgehead atoms. The lowest BCUT2D eigenvalue weighted by molar-refractivity contribution is 0.432. The van der Waals surface area contributed by atoms with E-state index in [1.54, 1.807) is 6.07 Å². The smallest absolute Gasteiger partial charge is 0.230 e. The molecule has 3 aromatic rings. The molecule has 0 unspecified atom stereocenters. The Morgan fingerprint density at radius 2 is 2.04 bits per heavy atom. The van der Waals surface area contributed by atoms with Gasteiger partial charge in [0.15, 0.2) is 11.6 Å². The molecule has 1 aliphatic rings. The van der Waals surface area contributed by atoms with Crippen molar-refractivity contribution in [1.29, 1.82) is 0 Å². The summed E-state index contributed by atoms with van der Waals surface area (Å²) < 4.78 is 19.7. The minimum atomic E-state index is -0.615. The predicted molar refractivity (Wildman–Crippen MR) is 91.2 cm³/mol. The van der Waals surface area contributed by atoms with Gasteiger partial charge in [-0.15, -0.1) is 0 Å². The number of halogens is 2. The van der Waals surface area contributed by atoms with E-state index in [0.717, 1.165) is 24.3 Å². The van der Waals surface area contributed by atoms with Crippen LogP contribution in [0.3, 0.4) is 0 Å². The molecule has 1 aromatic heterocycles. The SMILES string of the molecule is NC1CN(c2ccc3ncnc(Oc4cccc(Cl)c4F)c3c2)C1. The molecule has 2 heterocycles. The van der Waals surface area contributed by atoms with Crippen molar-refractivity contribution in [2.75, 3.05) is 18.0 Å². The molecule has 0 spiro atoms. The molecule has 4 rings (SSSR count). The van der Waals surface area contributed by atoms with Crippen LogP contribution in [0.25, 0.3) is 10.9 Å². The second-order valence-corrected chi connectivity index (χ2v) is 6.11. The van der Waals surface area contributed by atoms with E-state index in [9.17, 15) is 4.39 Å². The van der Waals surface area contributed by atoms with Gasteiger partial charge in [0, 0.05) is 24.8 Å². The summed E-state index contributed by atoms with van der Waals surface area (Å²) in [6.45, 7) is 1.61. The van der Waals surface area contributed by atoms with Crippen LogP contribution >= 0.6 is 11.6 Å². The number of ether oxygens (including phenoxy) is 1. The average molecular weight is 345 g/mol. The van der Waals surface area contributed by atoms with Crippen LogP contribution in [0.4, 0.5) is 10.1 Å². The van der Waals surface area contributed by atoms with E-state index >= 15 is 0 Å². The van der Waals surface area contributed by atoms with E-state index < -0.39 is 5.82 Å². The fourth-order valence-corrected chi connectivity index (χ4v) is 2.86. The number of benzene rings is 2. The Hall–Kier alpha value is -2.44. The van der Waals surface area contributed by atoms with Gasteiger partial charge in [-0.1, -0.05) is 17.7 Å². The van der Waals surface area contributed by atoms with E-state index in [-0.39, 0.29) is 22.7 Å². The number of nitrogens with zero attached hydrogens (tertiary/aromatic N) is 3. The molecule has 7 heteroatoms. The maximum absolute atomic E-state index is 14.1. The summed E-state index contributed by atoms with van der Waals surface area (Å²) in [5.74, 6) is -0.303. The first-order valence-electron chi connectivity index (χ1n) is 7.49. The van der Waals surface area contributed by atoms with Gasteiger partial charge in [0.25, 0.3) is 0 Å². The standard InChI is InChI=1S/C17H14ClFN4O/c18-13-2-1-3-15(16(13)19)24-17-12-6-11(23-7-10(20)8-23)4-5-14(12)21-9-22-17/h1-6,9-10H,7-8,20H2. The van der Waals surface area contributed by atoms with Gasteiger partial charge in [0.2, 0.25) is 5.88 Å². The molecule has 122 valence electrons. The van der Waals surface area contributed by atoms with E-state index in [1.807, 2.05) is 18.2 Å². The Labute approximate surface area is 142 Å². The predicted octanol–water partition coefficient (Wildman–Crippen LogP) is 3.36. The number of aromatic nitrogens is 2. The van der Waals surface area contributed by atoms with Crippen LogP contribution in [0.2, 0.25) is 5.02 Å². The summed E-state index contributed by atoms with van der Waals surface area (Å²) in [4.78, 5) is 10.5. The Kier molecular flexibility index (Phi) is 3.70. The van der Waals surface area contributed by atoms with Gasteiger partial charge in [-0.05, 0) is 30.3 Å². The monoisotopic (exact) mass is 344 g/mol. The summed E-state index contributed by atoms with van der Waals surface area (Å²) in [6.07, 6.45) is 1.39. The lowest BCUT2D eigenvalue weighted by atomic mass is 10.1. The molecule has 0 saturated carbocycles. The van der Waals surface area contributed by atoms with Gasteiger partial charge >= 0.3 is 0 Å². The first-order chi connectivity index (χ1) is 11.6. The number of hydrogen-bond donors (Lipinski definition) is 1. The molecule has 0 aliphatic carbocycles. The van der Waals surface area contributed by atoms with Crippen molar-refractivity contribution >= 4 is 28.2 Å². The molecule has 1 aliphatic heterocycles. The largest absolute Gasteiger partial charge is 0.435 e. The van der Waals surface area contributed by atoms with Gasteiger partial charge in [-0.25, -0.2) is 14.4 Å². The number of nitrogens with two attached hydrogens (primary N) is 1. The van der Waals surface area contributed by atoms with Gasteiger partial charge in [0.05, 0.1) is 15.9 Å². The number of fused-ring (bicyclic) bond motifs is 1. The number of rotatable bonds is 3. The van der Waals surface area contributed by atoms with Crippen molar-refractivity contribution in [3.05, 3.63) is 53.6 Å². The second-order valence-electron chi connectivity index (χ2n) is 5.70. The van der Waals surface area contributed by atoms with Gasteiger partial charge < -0.3 is 15.4 Å². The fraction of sp³-hybridized carbons (Fsp3) is 0.176. The van der Waals surface area contributed by atoms with Crippen molar-refractivity contribution in [3.63, 3.8) is 0 Å². The molecule has 2 aromatic carbocycles. The van der Waals surface area contributed by atoms with Crippen LogP contribution in [0, 0.1) is 5.82 Å². The zero-order valence-electron chi connectivity index (χ0n) is 12.6. The van der Waals surface area contributed by atoms with Crippen molar-refractivity contribution < 1.29 is 9.13 Å². The van der Waals surface area contributed by atoms with Crippen LogP contribution in [0.5, 0.6) is 11.6 Å². The van der Waals surface area contributed by atoms with Crippen molar-refractivity contribution in [3.8, 4) is 11.6 Å². The molecule has 0 atom stereocenters. The number of anilines is 1. The van der Waals surface area contributed by atoms with Crippen molar-refractivity contribution in [2.45, 2.75) is 6.04 Å². The lowest BCUT2D eigenvalue weighted by Gasteiger charge is -2.38. The van der Waals surface area contributed by atoms with E-state index in [0.29, 0.717) is 5.39 Å².